The van der Waals surface area contributed by atoms with Crippen LogP contribution in [0.5, 0.6) is 0 Å². The number of hydrogen-bond acceptors (Lipinski definition) is 1. The molecule has 0 aromatic carbocycles. The Labute approximate surface area is 58.2 Å². The quantitative estimate of drug-likeness (QED) is 0.569. The highest BCUT2D eigenvalue weighted by Crippen LogP contribution is 1.96. The van der Waals surface area contributed by atoms with Gasteiger partial charge in [-0.25, -0.2) is 0 Å². The summed E-state index contributed by atoms with van der Waals surface area (Å²) in [4.78, 5) is 0. The van der Waals surface area contributed by atoms with Crippen LogP contribution in [0.4, 0.5) is 0 Å². The molecule has 0 radical (unpaired) electrons. The van der Waals surface area contributed by atoms with Crippen LogP contribution in [0.2, 0.25) is 0 Å². The zero-order valence-electron chi connectivity index (χ0n) is 6.65. The van der Waals surface area contributed by atoms with Gasteiger partial charge in [0.15, 0.2) is 0 Å². The van der Waals surface area contributed by atoms with E-state index in [1.54, 1.807) is 0 Å². The highest BCUT2D eigenvalue weighted by Gasteiger charge is 1.95. The number of allylic oxidation sites excluding steroid dienone is 1. The van der Waals surface area contributed by atoms with Gasteiger partial charge in [-0.2, -0.15) is 0 Å². The number of likely N-dealkylation sites (N-methyl/N-ethyl adjacent to an activating group) is 1. The molecule has 0 heterocycles. The van der Waals surface area contributed by atoms with Gasteiger partial charge < -0.3 is 5.32 Å². The van der Waals surface area contributed by atoms with Crippen LogP contribution < -0.4 is 5.32 Å². The Balaban J connectivity index is 3.41. The van der Waals surface area contributed by atoms with Gasteiger partial charge in [0.1, 0.15) is 0 Å². The lowest BCUT2D eigenvalue weighted by atomic mass is 10.1. The van der Waals surface area contributed by atoms with Gasteiger partial charge in [0.05, 0.1) is 0 Å². The van der Waals surface area contributed by atoms with E-state index in [4.69, 9.17) is 0 Å². The Hall–Kier alpha value is -0.300. The van der Waals surface area contributed by atoms with E-state index >= 15 is 0 Å². The Morgan fingerprint density at radius 2 is 2.22 bits per heavy atom. The zero-order chi connectivity index (χ0) is 7.11. The molecule has 0 saturated heterocycles. The Morgan fingerprint density at radius 3 is 2.56 bits per heavy atom. The molecule has 0 amide bonds. The van der Waals surface area contributed by atoms with Crippen LogP contribution in [0, 0.1) is 0 Å². The molecule has 0 aliphatic heterocycles. The van der Waals surface area contributed by atoms with Crippen molar-refractivity contribution < 1.29 is 0 Å². The summed E-state index contributed by atoms with van der Waals surface area (Å²) in [6.45, 7) is 4.26. The van der Waals surface area contributed by atoms with Gasteiger partial charge in [-0.1, -0.05) is 25.5 Å². The number of nitrogens with one attached hydrogen (secondary N) is 1. The standard InChI is InChI=1S/C8H17N/c1-4-6-8(9-3)7-5-2/h4,6,8-9H,5,7H2,1-3H3/b6-4-. The molecule has 0 rings (SSSR count). The minimum Gasteiger partial charge on any atom is -0.314 e. The van der Waals surface area contributed by atoms with Gasteiger partial charge in [0, 0.05) is 6.04 Å². The maximum Gasteiger partial charge on any atom is 0.0246 e. The maximum atomic E-state index is 3.22. The topological polar surface area (TPSA) is 12.0 Å². The van der Waals surface area contributed by atoms with E-state index in [2.05, 4.69) is 31.3 Å². The Morgan fingerprint density at radius 1 is 1.56 bits per heavy atom. The van der Waals surface area contributed by atoms with Crippen molar-refractivity contribution in [3.63, 3.8) is 0 Å². The molecule has 0 saturated carbocycles. The van der Waals surface area contributed by atoms with Gasteiger partial charge in [-0.15, -0.1) is 0 Å². The second-order valence-electron chi connectivity index (χ2n) is 2.21. The second-order valence-corrected chi connectivity index (χ2v) is 2.21. The highest BCUT2D eigenvalue weighted by atomic mass is 14.8. The van der Waals surface area contributed by atoms with Crippen LogP contribution in [0.15, 0.2) is 12.2 Å². The summed E-state index contributed by atoms with van der Waals surface area (Å²) in [5.41, 5.74) is 0. The summed E-state index contributed by atoms with van der Waals surface area (Å²) in [5.74, 6) is 0. The van der Waals surface area contributed by atoms with Gasteiger partial charge in [0.25, 0.3) is 0 Å². The molecule has 0 aromatic heterocycles. The minimum absolute atomic E-state index is 0.583. The monoisotopic (exact) mass is 127 g/mol. The third-order valence-electron chi connectivity index (χ3n) is 1.40. The fraction of sp³-hybridized carbons (Fsp3) is 0.750. The first kappa shape index (κ1) is 8.70. The molecule has 1 N–H and O–H groups in total. The summed E-state index contributed by atoms with van der Waals surface area (Å²) < 4.78 is 0. The summed E-state index contributed by atoms with van der Waals surface area (Å²) in [5, 5.41) is 3.22. The van der Waals surface area contributed by atoms with Crippen LogP contribution in [0.1, 0.15) is 26.7 Å². The van der Waals surface area contributed by atoms with Crippen molar-refractivity contribution in [3.8, 4) is 0 Å². The third kappa shape index (κ3) is 4.22. The predicted molar refractivity (Wildman–Crippen MR) is 42.6 cm³/mol. The van der Waals surface area contributed by atoms with Crippen molar-refractivity contribution in [1.29, 1.82) is 0 Å². The fourth-order valence-electron chi connectivity index (χ4n) is 0.880. The van der Waals surface area contributed by atoms with E-state index in [-0.39, 0.29) is 0 Å². The predicted octanol–water partition coefficient (Wildman–Crippen LogP) is 1.95. The molecule has 0 bridgehead atoms. The molecule has 1 atom stereocenters. The van der Waals surface area contributed by atoms with Crippen molar-refractivity contribution in [1.82, 2.24) is 5.32 Å². The zero-order valence-corrected chi connectivity index (χ0v) is 6.65. The molecule has 0 fully saturated rings. The number of rotatable bonds is 4. The van der Waals surface area contributed by atoms with E-state index in [1.165, 1.54) is 12.8 Å². The number of hydrogen-bond donors (Lipinski definition) is 1. The Bertz CT molecular complexity index is 76.6. The molecule has 0 aliphatic carbocycles. The lowest BCUT2D eigenvalue weighted by Gasteiger charge is -2.08. The molecule has 9 heavy (non-hydrogen) atoms. The molecule has 1 nitrogen and oxygen atoms in total. The van der Waals surface area contributed by atoms with Crippen LogP contribution in [-0.4, -0.2) is 13.1 Å². The summed E-state index contributed by atoms with van der Waals surface area (Å²) in [6, 6.07) is 0.583. The van der Waals surface area contributed by atoms with E-state index in [0.29, 0.717) is 6.04 Å². The van der Waals surface area contributed by atoms with Crippen molar-refractivity contribution in [2.24, 2.45) is 0 Å². The molecule has 0 spiro atoms. The normalized spacial score (nSPS) is 14.6. The van der Waals surface area contributed by atoms with Crippen molar-refractivity contribution in [2.75, 3.05) is 7.05 Å². The smallest absolute Gasteiger partial charge is 0.0246 e. The molecule has 0 aliphatic rings. The third-order valence-corrected chi connectivity index (χ3v) is 1.40. The van der Waals surface area contributed by atoms with E-state index in [0.717, 1.165) is 0 Å². The van der Waals surface area contributed by atoms with Crippen LogP contribution in [0.3, 0.4) is 0 Å². The maximum absolute atomic E-state index is 3.22. The minimum atomic E-state index is 0.583. The van der Waals surface area contributed by atoms with Gasteiger partial charge in [-0.3, -0.25) is 0 Å². The van der Waals surface area contributed by atoms with Gasteiger partial charge in [-0.05, 0) is 20.4 Å². The largest absolute Gasteiger partial charge is 0.314 e. The Kier molecular flexibility index (Phi) is 5.64. The van der Waals surface area contributed by atoms with E-state index in [9.17, 15) is 0 Å². The molecule has 1 unspecified atom stereocenters. The average Bonchev–Trinajstić information content (AvgIpc) is 1.88. The van der Waals surface area contributed by atoms with Gasteiger partial charge in [0.2, 0.25) is 0 Å². The first-order valence-electron chi connectivity index (χ1n) is 3.65. The van der Waals surface area contributed by atoms with Gasteiger partial charge >= 0.3 is 0 Å². The van der Waals surface area contributed by atoms with Crippen LogP contribution in [0.25, 0.3) is 0 Å². The second kappa shape index (κ2) is 5.83. The van der Waals surface area contributed by atoms with E-state index in [1.807, 2.05) is 7.05 Å². The lowest BCUT2D eigenvalue weighted by Crippen LogP contribution is -2.21. The average molecular weight is 127 g/mol. The fourth-order valence-corrected chi connectivity index (χ4v) is 0.880. The van der Waals surface area contributed by atoms with Crippen LogP contribution in [-0.2, 0) is 0 Å². The molecule has 0 aromatic rings. The van der Waals surface area contributed by atoms with Crippen LogP contribution >= 0.6 is 0 Å². The van der Waals surface area contributed by atoms with Crippen molar-refractivity contribution >= 4 is 0 Å². The molecule has 1 heteroatoms. The summed E-state index contributed by atoms with van der Waals surface area (Å²) >= 11 is 0. The molecular weight excluding hydrogens is 110 g/mol. The lowest BCUT2D eigenvalue weighted by molar-refractivity contribution is 0.604. The molecule has 54 valence electrons. The molecular formula is C8H17N. The van der Waals surface area contributed by atoms with E-state index < -0.39 is 0 Å². The van der Waals surface area contributed by atoms with Crippen molar-refractivity contribution in [2.45, 2.75) is 32.7 Å². The first-order chi connectivity index (χ1) is 4.35. The highest BCUT2D eigenvalue weighted by molar-refractivity contribution is 4.89. The summed E-state index contributed by atoms with van der Waals surface area (Å²) in [7, 11) is 2.00. The van der Waals surface area contributed by atoms with Crippen molar-refractivity contribution in [3.05, 3.63) is 12.2 Å². The SMILES string of the molecule is C/C=C\C(CCC)NC. The first-order valence-corrected chi connectivity index (χ1v) is 3.65. The summed E-state index contributed by atoms with van der Waals surface area (Å²) in [6.07, 6.45) is 6.77.